The van der Waals surface area contributed by atoms with Crippen molar-refractivity contribution in [3.8, 4) is 5.69 Å². The van der Waals surface area contributed by atoms with Crippen LogP contribution in [0.2, 0.25) is 0 Å². The van der Waals surface area contributed by atoms with E-state index in [1.54, 1.807) is 23.6 Å². The van der Waals surface area contributed by atoms with Crippen LogP contribution < -0.4 is 0 Å². The minimum absolute atomic E-state index is 0.129. The van der Waals surface area contributed by atoms with Crippen molar-refractivity contribution in [1.29, 1.82) is 0 Å². The number of rotatable bonds is 6. The Labute approximate surface area is 142 Å². The van der Waals surface area contributed by atoms with Crippen LogP contribution in [-0.4, -0.2) is 50.6 Å². The Morgan fingerprint density at radius 1 is 1.38 bits per heavy atom. The lowest BCUT2D eigenvalue weighted by atomic mass is 10.1. The lowest BCUT2D eigenvalue weighted by Crippen LogP contribution is -2.30. The number of nitrogens with zero attached hydrogens (tertiary/aromatic N) is 4. The molecule has 2 aromatic rings. The van der Waals surface area contributed by atoms with Crippen LogP contribution in [0.25, 0.3) is 5.69 Å². The van der Waals surface area contributed by atoms with Crippen LogP contribution in [0, 0.1) is 6.92 Å². The molecule has 1 aliphatic rings. The van der Waals surface area contributed by atoms with E-state index in [4.69, 9.17) is 0 Å². The molecular formula is C18H24N4O2. The highest BCUT2D eigenvalue weighted by molar-refractivity contribution is 5.93. The van der Waals surface area contributed by atoms with Crippen molar-refractivity contribution in [2.24, 2.45) is 0 Å². The Morgan fingerprint density at radius 3 is 2.62 bits per heavy atom. The van der Waals surface area contributed by atoms with Crippen LogP contribution in [0.15, 0.2) is 24.3 Å². The summed E-state index contributed by atoms with van der Waals surface area (Å²) in [6, 6.07) is 8.07. The molecule has 1 aliphatic carbocycles. The van der Waals surface area contributed by atoms with E-state index in [-0.39, 0.29) is 5.91 Å². The maximum absolute atomic E-state index is 12.7. The number of amides is 1. The first-order chi connectivity index (χ1) is 11.5. The van der Waals surface area contributed by atoms with Crippen molar-refractivity contribution in [3.63, 3.8) is 0 Å². The van der Waals surface area contributed by atoms with Crippen molar-refractivity contribution in [3.05, 3.63) is 41.2 Å². The average Bonchev–Trinajstić information content (AvgIpc) is 3.31. The molecule has 0 aliphatic heterocycles. The first kappa shape index (κ1) is 16.6. The first-order valence-corrected chi connectivity index (χ1v) is 8.43. The Balaban J connectivity index is 1.89. The fourth-order valence-electron chi connectivity index (χ4n) is 2.70. The van der Waals surface area contributed by atoms with Gasteiger partial charge < -0.3 is 10.0 Å². The van der Waals surface area contributed by atoms with Gasteiger partial charge in [0.05, 0.1) is 17.5 Å². The van der Waals surface area contributed by atoms with Gasteiger partial charge in [0, 0.05) is 19.5 Å². The van der Waals surface area contributed by atoms with Crippen molar-refractivity contribution < 1.29 is 9.90 Å². The second-order valence-electron chi connectivity index (χ2n) is 6.71. The molecule has 0 saturated heterocycles. The van der Waals surface area contributed by atoms with Crippen LogP contribution >= 0.6 is 0 Å². The smallest absolute Gasteiger partial charge is 0.276 e. The second-order valence-corrected chi connectivity index (χ2v) is 6.71. The third-order valence-corrected chi connectivity index (χ3v) is 4.38. The zero-order chi connectivity index (χ0) is 17.3. The molecule has 1 aromatic carbocycles. The van der Waals surface area contributed by atoms with Gasteiger partial charge in [-0.05, 0) is 45.2 Å². The molecule has 0 bridgehead atoms. The van der Waals surface area contributed by atoms with Crippen molar-refractivity contribution in [2.75, 3.05) is 13.6 Å². The predicted octanol–water partition coefficient (Wildman–Crippen LogP) is 2.30. The van der Waals surface area contributed by atoms with Crippen LogP contribution in [-0.2, 0) is 0 Å². The normalized spacial score (nSPS) is 15.3. The number of carbonyl (C=O) groups is 1. The molecular weight excluding hydrogens is 304 g/mol. The summed E-state index contributed by atoms with van der Waals surface area (Å²) in [6.07, 6.45) is 2.26. The largest absolute Gasteiger partial charge is 0.393 e. The molecule has 3 rings (SSSR count). The molecule has 1 fully saturated rings. The SMILES string of the molecule is Cc1ccc(-n2nnc(C(=O)N(C)CCC(C)O)c2C2CC2)cc1. The predicted molar refractivity (Wildman–Crippen MR) is 91.3 cm³/mol. The fraction of sp³-hybridized carbons (Fsp3) is 0.500. The molecule has 1 heterocycles. The number of hydrogen-bond donors (Lipinski definition) is 1. The first-order valence-electron chi connectivity index (χ1n) is 8.43. The van der Waals surface area contributed by atoms with Crippen LogP contribution in [0.1, 0.15) is 53.8 Å². The molecule has 0 spiro atoms. The number of aliphatic hydroxyl groups excluding tert-OH is 1. The van der Waals surface area contributed by atoms with E-state index in [0.29, 0.717) is 24.6 Å². The quantitative estimate of drug-likeness (QED) is 0.883. The molecule has 1 N–H and O–H groups in total. The van der Waals surface area contributed by atoms with Gasteiger partial charge in [-0.2, -0.15) is 0 Å². The van der Waals surface area contributed by atoms with Gasteiger partial charge in [0.2, 0.25) is 0 Å². The third kappa shape index (κ3) is 3.48. The zero-order valence-corrected chi connectivity index (χ0v) is 14.4. The van der Waals surface area contributed by atoms with Gasteiger partial charge in [-0.3, -0.25) is 4.79 Å². The van der Waals surface area contributed by atoms with Crippen LogP contribution in [0.4, 0.5) is 0 Å². The maximum atomic E-state index is 12.7. The van der Waals surface area contributed by atoms with Crippen molar-refractivity contribution >= 4 is 5.91 Å². The highest BCUT2D eigenvalue weighted by Gasteiger charge is 2.35. The zero-order valence-electron chi connectivity index (χ0n) is 14.4. The molecule has 1 atom stereocenters. The van der Waals surface area contributed by atoms with Gasteiger partial charge in [-0.1, -0.05) is 22.9 Å². The van der Waals surface area contributed by atoms with Gasteiger partial charge in [0.1, 0.15) is 0 Å². The highest BCUT2D eigenvalue weighted by atomic mass is 16.3. The van der Waals surface area contributed by atoms with E-state index in [1.165, 1.54) is 5.56 Å². The summed E-state index contributed by atoms with van der Waals surface area (Å²) in [5, 5.41) is 17.8. The number of aliphatic hydroxyl groups is 1. The Bertz CT molecular complexity index is 717. The molecule has 128 valence electrons. The molecule has 6 heteroatoms. The average molecular weight is 328 g/mol. The summed E-state index contributed by atoms with van der Waals surface area (Å²) in [4.78, 5) is 14.4. The van der Waals surface area contributed by atoms with E-state index < -0.39 is 6.10 Å². The second kappa shape index (κ2) is 6.73. The summed E-state index contributed by atoms with van der Waals surface area (Å²) in [6.45, 7) is 4.26. The minimum atomic E-state index is -0.425. The molecule has 1 amide bonds. The lowest BCUT2D eigenvalue weighted by Gasteiger charge is -2.17. The van der Waals surface area contributed by atoms with E-state index in [2.05, 4.69) is 10.3 Å². The maximum Gasteiger partial charge on any atom is 0.276 e. The molecule has 1 aromatic heterocycles. The van der Waals surface area contributed by atoms with E-state index >= 15 is 0 Å². The van der Waals surface area contributed by atoms with E-state index in [0.717, 1.165) is 24.2 Å². The summed E-state index contributed by atoms with van der Waals surface area (Å²) in [5.41, 5.74) is 3.46. The van der Waals surface area contributed by atoms with E-state index in [9.17, 15) is 9.90 Å². The highest BCUT2D eigenvalue weighted by Crippen LogP contribution is 2.42. The number of hydrogen-bond acceptors (Lipinski definition) is 4. The van der Waals surface area contributed by atoms with E-state index in [1.807, 2.05) is 31.2 Å². The Kier molecular flexibility index (Phi) is 4.66. The summed E-state index contributed by atoms with van der Waals surface area (Å²) in [7, 11) is 1.74. The molecule has 1 unspecified atom stereocenters. The number of aromatic nitrogens is 3. The summed E-state index contributed by atoms with van der Waals surface area (Å²) < 4.78 is 1.80. The van der Waals surface area contributed by atoms with Gasteiger partial charge in [-0.25, -0.2) is 4.68 Å². The molecule has 6 nitrogen and oxygen atoms in total. The molecule has 24 heavy (non-hydrogen) atoms. The monoisotopic (exact) mass is 328 g/mol. The number of aryl methyl sites for hydroxylation is 1. The van der Waals surface area contributed by atoms with Gasteiger partial charge in [-0.15, -0.1) is 5.10 Å². The Hall–Kier alpha value is -2.21. The van der Waals surface area contributed by atoms with Gasteiger partial charge in [0.25, 0.3) is 5.91 Å². The lowest BCUT2D eigenvalue weighted by molar-refractivity contribution is 0.0762. The summed E-state index contributed by atoms with van der Waals surface area (Å²) >= 11 is 0. The topological polar surface area (TPSA) is 71.2 Å². The minimum Gasteiger partial charge on any atom is -0.393 e. The fourth-order valence-corrected chi connectivity index (χ4v) is 2.70. The van der Waals surface area contributed by atoms with Gasteiger partial charge >= 0.3 is 0 Å². The van der Waals surface area contributed by atoms with Crippen LogP contribution in [0.5, 0.6) is 0 Å². The number of carbonyl (C=O) groups excluding carboxylic acids is 1. The van der Waals surface area contributed by atoms with Crippen molar-refractivity contribution in [2.45, 2.75) is 45.1 Å². The Morgan fingerprint density at radius 2 is 2.04 bits per heavy atom. The third-order valence-electron chi connectivity index (χ3n) is 4.38. The van der Waals surface area contributed by atoms with Crippen molar-refractivity contribution in [1.82, 2.24) is 19.9 Å². The van der Waals surface area contributed by atoms with Gasteiger partial charge in [0.15, 0.2) is 5.69 Å². The summed E-state index contributed by atoms with van der Waals surface area (Å²) in [5.74, 6) is 0.223. The molecule has 1 saturated carbocycles. The van der Waals surface area contributed by atoms with Crippen LogP contribution in [0.3, 0.4) is 0 Å². The standard InChI is InChI=1S/C18H24N4O2/c1-12-4-8-15(9-5-12)22-17(14-6-7-14)16(19-20-22)18(24)21(3)11-10-13(2)23/h4-5,8-9,13-14,23H,6-7,10-11H2,1-3H3. The molecule has 0 radical (unpaired) electrons. The number of benzene rings is 1.